The van der Waals surface area contributed by atoms with Crippen molar-refractivity contribution in [2.45, 2.75) is 37.3 Å². The summed E-state index contributed by atoms with van der Waals surface area (Å²) in [6.07, 6.45) is 1.88. The van der Waals surface area contributed by atoms with E-state index in [1.54, 1.807) is 32.2 Å². The van der Waals surface area contributed by atoms with Crippen LogP contribution < -0.4 is 0 Å². The summed E-state index contributed by atoms with van der Waals surface area (Å²) in [5, 5.41) is 9.07. The molecule has 1 N–H and O–H groups in total. The average Bonchev–Trinajstić information content (AvgIpc) is 3.12. The molecule has 1 fully saturated rings. The molecule has 0 amide bonds. The van der Waals surface area contributed by atoms with Crippen LogP contribution in [-0.4, -0.2) is 30.9 Å². The number of rotatable bonds is 4. The number of sulfonamides is 1. The largest absolute Gasteiger partial charge is 0.392 e. The second-order valence-corrected chi connectivity index (χ2v) is 6.48. The smallest absolute Gasteiger partial charge is 0.243 e. The fraction of sp³-hybridized carbons (Fsp3) is 0.500. The van der Waals surface area contributed by atoms with Crippen molar-refractivity contribution in [1.82, 2.24) is 4.31 Å². The Morgan fingerprint density at radius 2 is 2.06 bits per heavy atom. The molecule has 0 aliphatic heterocycles. The van der Waals surface area contributed by atoms with Gasteiger partial charge in [0.1, 0.15) is 0 Å². The highest BCUT2D eigenvalue weighted by Crippen LogP contribution is 2.31. The molecule has 0 saturated heterocycles. The van der Waals surface area contributed by atoms with Gasteiger partial charge in [-0.2, -0.15) is 4.31 Å². The average molecular weight is 255 g/mol. The Kier molecular flexibility index (Phi) is 3.25. The van der Waals surface area contributed by atoms with Crippen molar-refractivity contribution in [1.29, 1.82) is 0 Å². The Morgan fingerprint density at radius 1 is 1.41 bits per heavy atom. The molecule has 1 aliphatic carbocycles. The van der Waals surface area contributed by atoms with Gasteiger partial charge in [0.25, 0.3) is 0 Å². The van der Waals surface area contributed by atoms with Crippen LogP contribution >= 0.6 is 0 Å². The molecule has 2 rings (SSSR count). The SMILES string of the molecule is Cc1ccc(CO)cc1S(=O)(=O)N(C)C1CC1. The minimum Gasteiger partial charge on any atom is -0.392 e. The van der Waals surface area contributed by atoms with Crippen LogP contribution in [0.15, 0.2) is 23.1 Å². The standard InChI is InChI=1S/C12H17NO3S/c1-9-3-4-10(8-14)7-12(9)17(15,16)13(2)11-5-6-11/h3-4,7,11,14H,5-6,8H2,1-2H3. The summed E-state index contributed by atoms with van der Waals surface area (Å²) in [4.78, 5) is 0.304. The van der Waals surface area contributed by atoms with Crippen LogP contribution in [0.3, 0.4) is 0 Å². The van der Waals surface area contributed by atoms with Gasteiger partial charge in [-0.25, -0.2) is 8.42 Å². The maximum absolute atomic E-state index is 12.3. The predicted octanol–water partition coefficient (Wildman–Crippen LogP) is 1.27. The summed E-state index contributed by atoms with van der Waals surface area (Å²) in [6, 6.07) is 5.19. The maximum atomic E-state index is 12.3. The van der Waals surface area contributed by atoms with E-state index in [-0.39, 0.29) is 12.6 Å². The Morgan fingerprint density at radius 3 is 2.59 bits per heavy atom. The van der Waals surface area contributed by atoms with Gasteiger partial charge in [0, 0.05) is 13.1 Å². The number of aryl methyl sites for hydroxylation is 1. The minimum absolute atomic E-state index is 0.143. The molecule has 1 aliphatic rings. The molecule has 0 bridgehead atoms. The molecular formula is C12H17NO3S. The third kappa shape index (κ3) is 2.36. The predicted molar refractivity (Wildman–Crippen MR) is 65.1 cm³/mol. The van der Waals surface area contributed by atoms with Gasteiger partial charge in [-0.15, -0.1) is 0 Å². The van der Waals surface area contributed by atoms with E-state index in [4.69, 9.17) is 5.11 Å². The molecule has 94 valence electrons. The maximum Gasteiger partial charge on any atom is 0.243 e. The molecule has 17 heavy (non-hydrogen) atoms. The van der Waals surface area contributed by atoms with Crippen LogP contribution in [0.2, 0.25) is 0 Å². The fourth-order valence-electron chi connectivity index (χ4n) is 1.81. The summed E-state index contributed by atoms with van der Waals surface area (Å²) < 4.78 is 26.1. The lowest BCUT2D eigenvalue weighted by Crippen LogP contribution is -2.29. The summed E-state index contributed by atoms with van der Waals surface area (Å²) in [7, 11) is -1.79. The minimum atomic E-state index is -3.42. The quantitative estimate of drug-likeness (QED) is 0.881. The Bertz CT molecular complexity index is 521. The van der Waals surface area contributed by atoms with Crippen molar-refractivity contribution in [3.8, 4) is 0 Å². The highest BCUT2D eigenvalue weighted by molar-refractivity contribution is 7.89. The zero-order valence-electron chi connectivity index (χ0n) is 10.0. The lowest BCUT2D eigenvalue weighted by molar-refractivity contribution is 0.281. The van der Waals surface area contributed by atoms with Crippen molar-refractivity contribution in [3.63, 3.8) is 0 Å². The van der Waals surface area contributed by atoms with Crippen molar-refractivity contribution < 1.29 is 13.5 Å². The topological polar surface area (TPSA) is 57.6 Å². The number of hydrogen-bond acceptors (Lipinski definition) is 3. The molecule has 1 aromatic carbocycles. The molecule has 0 unspecified atom stereocenters. The third-order valence-electron chi connectivity index (χ3n) is 3.15. The number of aliphatic hydroxyl groups excluding tert-OH is 1. The lowest BCUT2D eigenvalue weighted by Gasteiger charge is -2.18. The van der Waals surface area contributed by atoms with Gasteiger partial charge in [-0.3, -0.25) is 0 Å². The van der Waals surface area contributed by atoms with E-state index in [2.05, 4.69) is 0 Å². The van der Waals surface area contributed by atoms with Crippen LogP contribution in [0.5, 0.6) is 0 Å². The summed E-state index contributed by atoms with van der Waals surface area (Å²) in [5.74, 6) is 0. The van der Waals surface area contributed by atoms with Gasteiger partial charge in [0.2, 0.25) is 10.0 Å². The summed E-state index contributed by atoms with van der Waals surface area (Å²) in [5.41, 5.74) is 1.34. The second kappa shape index (κ2) is 4.40. The number of hydrogen-bond donors (Lipinski definition) is 1. The number of aliphatic hydroxyl groups is 1. The van der Waals surface area contributed by atoms with Gasteiger partial charge >= 0.3 is 0 Å². The van der Waals surface area contributed by atoms with Crippen LogP contribution in [0.25, 0.3) is 0 Å². The van der Waals surface area contributed by atoms with Crippen LogP contribution in [0, 0.1) is 6.92 Å². The molecule has 0 atom stereocenters. The first-order chi connectivity index (χ1) is 7.96. The molecule has 0 spiro atoms. The van der Waals surface area contributed by atoms with E-state index < -0.39 is 10.0 Å². The van der Waals surface area contributed by atoms with E-state index in [0.29, 0.717) is 10.5 Å². The number of nitrogens with zero attached hydrogens (tertiary/aromatic N) is 1. The first kappa shape index (κ1) is 12.5. The zero-order valence-corrected chi connectivity index (χ0v) is 10.9. The van der Waals surface area contributed by atoms with Crippen molar-refractivity contribution >= 4 is 10.0 Å². The molecule has 5 heteroatoms. The van der Waals surface area contributed by atoms with Gasteiger partial charge in [0.05, 0.1) is 11.5 Å². The zero-order chi connectivity index (χ0) is 12.6. The molecule has 1 saturated carbocycles. The molecule has 4 nitrogen and oxygen atoms in total. The Balaban J connectivity index is 2.44. The molecule has 1 aromatic rings. The third-order valence-corrected chi connectivity index (χ3v) is 5.21. The van der Waals surface area contributed by atoms with Gasteiger partial charge in [-0.1, -0.05) is 12.1 Å². The van der Waals surface area contributed by atoms with Gasteiger partial charge in [0.15, 0.2) is 0 Å². The normalized spacial score (nSPS) is 16.5. The highest BCUT2D eigenvalue weighted by atomic mass is 32.2. The van der Waals surface area contributed by atoms with Gasteiger partial charge in [-0.05, 0) is 37.0 Å². The molecule has 0 heterocycles. The van der Waals surface area contributed by atoms with E-state index in [1.165, 1.54) is 4.31 Å². The van der Waals surface area contributed by atoms with Crippen molar-refractivity contribution in [2.24, 2.45) is 0 Å². The lowest BCUT2D eigenvalue weighted by atomic mass is 10.2. The van der Waals surface area contributed by atoms with Crippen LogP contribution in [0.4, 0.5) is 0 Å². The monoisotopic (exact) mass is 255 g/mol. The van der Waals surface area contributed by atoms with E-state index >= 15 is 0 Å². The van der Waals surface area contributed by atoms with Crippen molar-refractivity contribution in [2.75, 3.05) is 7.05 Å². The summed E-state index contributed by atoms with van der Waals surface area (Å²) >= 11 is 0. The first-order valence-corrected chi connectivity index (χ1v) is 7.09. The number of benzene rings is 1. The highest BCUT2D eigenvalue weighted by Gasteiger charge is 2.35. The molecule has 0 radical (unpaired) electrons. The molecular weight excluding hydrogens is 238 g/mol. The van der Waals surface area contributed by atoms with Crippen LogP contribution in [0.1, 0.15) is 24.0 Å². The fourth-order valence-corrected chi connectivity index (χ4v) is 3.50. The Hall–Kier alpha value is -0.910. The Labute approximate surface area is 102 Å². The van der Waals surface area contributed by atoms with Gasteiger partial charge < -0.3 is 5.11 Å². The van der Waals surface area contributed by atoms with Crippen molar-refractivity contribution in [3.05, 3.63) is 29.3 Å². The molecule has 0 aromatic heterocycles. The second-order valence-electron chi connectivity index (χ2n) is 4.51. The van der Waals surface area contributed by atoms with Crippen LogP contribution in [-0.2, 0) is 16.6 Å². The van der Waals surface area contributed by atoms with E-state index in [9.17, 15) is 8.42 Å². The van der Waals surface area contributed by atoms with E-state index in [0.717, 1.165) is 18.4 Å². The first-order valence-electron chi connectivity index (χ1n) is 5.65. The summed E-state index contributed by atoms with van der Waals surface area (Å²) in [6.45, 7) is 1.63. The van der Waals surface area contributed by atoms with E-state index in [1.807, 2.05) is 0 Å².